The van der Waals surface area contributed by atoms with Crippen LogP contribution in [0, 0.1) is 0 Å². The summed E-state index contributed by atoms with van der Waals surface area (Å²) in [5.41, 5.74) is 5.29. The van der Waals surface area contributed by atoms with Crippen LogP contribution >= 0.6 is 7.60 Å². The molecule has 0 bridgehead atoms. The van der Waals surface area contributed by atoms with Crippen molar-refractivity contribution in [1.29, 1.82) is 0 Å². The normalized spacial score (nSPS) is 16.0. The first-order valence-electron chi connectivity index (χ1n) is 10.4. The Morgan fingerprint density at radius 2 is 1.26 bits per heavy atom. The highest BCUT2D eigenvalue weighted by molar-refractivity contribution is 7.55. The van der Waals surface area contributed by atoms with Crippen LogP contribution in [0.3, 0.4) is 0 Å². The molecule has 2 atom stereocenters. The third-order valence-corrected chi connectivity index (χ3v) is 6.75. The molecule has 0 radical (unpaired) electrons. The highest BCUT2D eigenvalue weighted by Crippen LogP contribution is 2.52. The predicted octanol–water partition coefficient (Wildman–Crippen LogP) is 4.40. The zero-order chi connectivity index (χ0) is 20.6. The molecular weight excluding hydrogens is 369 g/mol. The van der Waals surface area contributed by atoms with Crippen LogP contribution in [0.25, 0.3) is 0 Å². The van der Waals surface area contributed by atoms with Gasteiger partial charge in [-0.1, -0.05) is 90.4 Å². The number of aliphatic carboxylic acids is 1. The zero-order valence-corrected chi connectivity index (χ0v) is 17.8. The van der Waals surface area contributed by atoms with Gasteiger partial charge in [0.25, 0.3) is 0 Å². The Hall–Kier alpha value is -0.460. The first-order chi connectivity index (χ1) is 12.8. The van der Waals surface area contributed by atoms with E-state index in [1.54, 1.807) is 0 Å². The number of carboxylic acids is 1. The second kappa shape index (κ2) is 15.5. The van der Waals surface area contributed by atoms with E-state index in [1.165, 1.54) is 64.2 Å². The number of carboxylic acid groups (broad SMARTS) is 1. The molecule has 0 aliphatic rings. The van der Waals surface area contributed by atoms with Crippen LogP contribution < -0.4 is 5.73 Å². The maximum absolute atomic E-state index is 11.9. The van der Waals surface area contributed by atoms with Crippen LogP contribution in [-0.4, -0.2) is 39.6 Å². The van der Waals surface area contributed by atoms with Crippen LogP contribution in [0.1, 0.15) is 96.8 Å². The first-order valence-corrected chi connectivity index (χ1v) is 12.0. The summed E-state index contributed by atoms with van der Waals surface area (Å²) in [6.07, 6.45) is 16.7. The van der Waals surface area contributed by atoms with Gasteiger partial charge in [0.05, 0.1) is 13.2 Å². The lowest BCUT2D eigenvalue weighted by Crippen LogP contribution is -2.51. The third-order valence-electron chi connectivity index (χ3n) is 4.88. The fourth-order valence-electron chi connectivity index (χ4n) is 2.88. The van der Waals surface area contributed by atoms with E-state index in [9.17, 15) is 14.3 Å². The third kappa shape index (κ3) is 11.2. The van der Waals surface area contributed by atoms with Crippen molar-refractivity contribution in [3.8, 4) is 0 Å². The number of hydrogen-bond donors (Lipinski definition) is 4. The van der Waals surface area contributed by atoms with Crippen LogP contribution in [0.15, 0.2) is 0 Å². The van der Waals surface area contributed by atoms with Gasteiger partial charge in [-0.25, -0.2) is 4.79 Å². The van der Waals surface area contributed by atoms with Gasteiger partial charge in [-0.2, -0.15) is 0 Å². The average molecular weight is 410 g/mol. The summed E-state index contributed by atoms with van der Waals surface area (Å²) in [6, 6.07) is 0. The minimum absolute atomic E-state index is 0.0436. The lowest BCUT2D eigenvalue weighted by Gasteiger charge is -2.26. The summed E-state index contributed by atoms with van der Waals surface area (Å²) in [4.78, 5) is 20.6. The van der Waals surface area contributed by atoms with E-state index in [1.807, 2.05) is 0 Å². The molecule has 0 aromatic rings. The molecule has 0 spiro atoms. The number of nitrogens with two attached hydrogens (primary N) is 1. The van der Waals surface area contributed by atoms with Crippen molar-refractivity contribution in [2.45, 2.75) is 102 Å². The number of hydrogen-bond acceptors (Lipinski definition) is 5. The van der Waals surface area contributed by atoms with Crippen molar-refractivity contribution >= 4 is 13.6 Å². The van der Waals surface area contributed by atoms with Gasteiger partial charge in [0.2, 0.25) is 5.28 Å². The van der Waals surface area contributed by atoms with Crippen LogP contribution in [0.2, 0.25) is 0 Å². The number of aliphatic hydroxyl groups is 1. The van der Waals surface area contributed by atoms with Gasteiger partial charge in [0, 0.05) is 0 Å². The lowest BCUT2D eigenvalue weighted by molar-refractivity contribution is -0.141. The van der Waals surface area contributed by atoms with Gasteiger partial charge in [-0.15, -0.1) is 0 Å². The summed E-state index contributed by atoms with van der Waals surface area (Å²) in [5.74, 6) is -1.75. The standard InChI is InChI=1S/C19H40NO6P/c1-2-3-4-5-6-7-8-9-10-11-12-13-14-15-16-26-27(24,25)19(20,17-21)18(22)23/h21H,2-17,20H2,1H3,(H,22,23)(H,24,25)/t19-/m1/s1. The van der Waals surface area contributed by atoms with Crippen molar-refractivity contribution in [3.05, 3.63) is 0 Å². The Morgan fingerprint density at radius 3 is 1.59 bits per heavy atom. The first kappa shape index (κ1) is 26.5. The molecule has 0 aromatic carbocycles. The van der Waals surface area contributed by atoms with Crippen molar-refractivity contribution in [1.82, 2.24) is 0 Å². The van der Waals surface area contributed by atoms with Crippen molar-refractivity contribution < 1.29 is 29.0 Å². The minimum atomic E-state index is -4.63. The molecule has 0 saturated heterocycles. The minimum Gasteiger partial charge on any atom is -0.479 e. The van der Waals surface area contributed by atoms with Crippen molar-refractivity contribution in [3.63, 3.8) is 0 Å². The van der Waals surface area contributed by atoms with Gasteiger partial charge in [-0.05, 0) is 6.42 Å². The van der Waals surface area contributed by atoms with E-state index in [0.717, 1.165) is 19.3 Å². The summed E-state index contributed by atoms with van der Waals surface area (Å²) in [5, 5.41) is 15.2. The summed E-state index contributed by atoms with van der Waals surface area (Å²) < 4.78 is 16.7. The highest BCUT2D eigenvalue weighted by atomic mass is 31.2. The second-order valence-electron chi connectivity index (χ2n) is 7.34. The SMILES string of the molecule is CCCCCCCCCCCCCCCCOP(=O)(O)[C@](N)(CO)C(=O)O. The molecule has 162 valence electrons. The van der Waals surface area contributed by atoms with Gasteiger partial charge in [0.15, 0.2) is 0 Å². The molecule has 0 heterocycles. The molecule has 0 aromatic heterocycles. The number of carbonyl (C=O) groups is 1. The summed E-state index contributed by atoms with van der Waals surface area (Å²) >= 11 is 0. The molecular formula is C19H40NO6P. The molecule has 0 amide bonds. The van der Waals surface area contributed by atoms with E-state index < -0.39 is 25.5 Å². The fraction of sp³-hybridized carbons (Fsp3) is 0.947. The Morgan fingerprint density at radius 1 is 0.889 bits per heavy atom. The van der Waals surface area contributed by atoms with Gasteiger partial charge >= 0.3 is 13.6 Å². The maximum atomic E-state index is 11.9. The zero-order valence-electron chi connectivity index (χ0n) is 16.9. The number of rotatable bonds is 19. The van der Waals surface area contributed by atoms with Crippen molar-refractivity contribution in [2.75, 3.05) is 13.2 Å². The molecule has 0 aliphatic heterocycles. The highest BCUT2D eigenvalue weighted by Gasteiger charge is 2.52. The number of unbranched alkanes of at least 4 members (excludes halogenated alkanes) is 13. The molecule has 8 heteroatoms. The molecule has 0 rings (SSSR count). The van der Waals surface area contributed by atoms with Gasteiger partial charge < -0.3 is 25.4 Å². The topological polar surface area (TPSA) is 130 Å². The Bertz CT molecular complexity index is 434. The quantitative estimate of drug-likeness (QED) is 0.184. The van der Waals surface area contributed by atoms with Crippen molar-refractivity contribution in [2.24, 2.45) is 5.73 Å². The Kier molecular flexibility index (Phi) is 15.2. The average Bonchev–Trinajstić information content (AvgIpc) is 2.63. The molecule has 0 fully saturated rings. The summed E-state index contributed by atoms with van der Waals surface area (Å²) in [7, 11) is -4.63. The fourth-order valence-corrected chi connectivity index (χ4v) is 3.91. The van der Waals surface area contributed by atoms with Gasteiger partial charge in [0.1, 0.15) is 0 Å². The largest absolute Gasteiger partial charge is 0.479 e. The van der Waals surface area contributed by atoms with Crippen LogP contribution in [-0.2, 0) is 13.9 Å². The van der Waals surface area contributed by atoms with E-state index in [4.69, 9.17) is 20.5 Å². The molecule has 27 heavy (non-hydrogen) atoms. The van der Waals surface area contributed by atoms with E-state index in [0.29, 0.717) is 6.42 Å². The monoisotopic (exact) mass is 409 g/mol. The molecule has 0 aliphatic carbocycles. The smallest absolute Gasteiger partial charge is 0.361 e. The summed E-state index contributed by atoms with van der Waals surface area (Å²) in [6.45, 7) is 1.03. The van der Waals surface area contributed by atoms with Crippen LogP contribution in [0.4, 0.5) is 0 Å². The molecule has 1 unspecified atom stereocenters. The molecule has 7 nitrogen and oxygen atoms in total. The van der Waals surface area contributed by atoms with E-state index in [2.05, 4.69) is 6.92 Å². The lowest BCUT2D eigenvalue weighted by atomic mass is 10.0. The molecule has 5 N–H and O–H groups in total. The van der Waals surface area contributed by atoms with E-state index >= 15 is 0 Å². The molecule has 0 saturated carbocycles. The Balaban J connectivity index is 3.55. The van der Waals surface area contributed by atoms with Gasteiger partial charge in [-0.3, -0.25) is 4.57 Å². The van der Waals surface area contributed by atoms with E-state index in [-0.39, 0.29) is 6.61 Å². The second-order valence-corrected chi connectivity index (χ2v) is 9.43. The van der Waals surface area contributed by atoms with Crippen LogP contribution in [0.5, 0.6) is 0 Å². The predicted molar refractivity (Wildman–Crippen MR) is 108 cm³/mol. The maximum Gasteiger partial charge on any atom is 0.361 e. The number of aliphatic hydroxyl groups excluding tert-OH is 1. The Labute approximate surface area is 164 Å².